The molecule has 0 saturated heterocycles. The van der Waals surface area contributed by atoms with Crippen molar-refractivity contribution in [2.75, 3.05) is 13.2 Å². The first-order valence-corrected chi connectivity index (χ1v) is 10.3. The molecule has 0 N–H and O–H groups in total. The van der Waals surface area contributed by atoms with Crippen LogP contribution in [-0.4, -0.2) is 13.2 Å². The highest BCUT2D eigenvalue weighted by Gasteiger charge is 2.09. The van der Waals surface area contributed by atoms with Crippen molar-refractivity contribution in [3.63, 3.8) is 0 Å². The van der Waals surface area contributed by atoms with E-state index in [1.807, 2.05) is 19.1 Å². The normalized spacial score (nSPS) is 12.0. The average Bonchev–Trinajstić information content (AvgIpc) is 2.75. The van der Waals surface area contributed by atoms with Crippen LogP contribution in [0.3, 0.4) is 0 Å². The number of ether oxygens (including phenoxy) is 2. The molecule has 0 bridgehead atoms. The highest BCUT2D eigenvalue weighted by molar-refractivity contribution is 5.83. The first-order chi connectivity index (χ1) is 13.7. The summed E-state index contributed by atoms with van der Waals surface area (Å²) in [5, 5.41) is 0. The predicted molar refractivity (Wildman–Crippen MR) is 118 cm³/mol. The summed E-state index contributed by atoms with van der Waals surface area (Å²) in [5.41, 5.74) is 6.09. The third kappa shape index (κ3) is 5.02. The molecule has 2 heteroatoms. The van der Waals surface area contributed by atoms with Crippen LogP contribution in [-0.2, 0) is 4.74 Å². The molecule has 1 atom stereocenters. The number of benzene rings is 3. The van der Waals surface area contributed by atoms with E-state index >= 15 is 0 Å². The maximum Gasteiger partial charge on any atom is 0.119 e. The van der Waals surface area contributed by atoms with Crippen molar-refractivity contribution in [1.82, 2.24) is 0 Å². The lowest BCUT2D eigenvalue weighted by atomic mass is 9.94. The molecule has 0 fully saturated rings. The molecule has 0 aliphatic rings. The third-order valence-corrected chi connectivity index (χ3v) is 4.96. The Bertz CT molecular complexity index is 850. The van der Waals surface area contributed by atoms with Crippen molar-refractivity contribution in [2.45, 2.75) is 39.7 Å². The van der Waals surface area contributed by atoms with E-state index in [0.29, 0.717) is 6.61 Å². The largest absolute Gasteiger partial charge is 0.494 e. The average molecular weight is 375 g/mol. The molecular formula is C26H30O2. The van der Waals surface area contributed by atoms with Crippen LogP contribution in [0.25, 0.3) is 22.3 Å². The standard InChI is InChI=1S/C26H30O2/c1-4-6-19-28-20(3)21-11-13-22(14-12-21)25-9-7-8-10-26(25)23-15-17-24(18-16-23)27-5-2/h7-18,20H,4-6,19H2,1-3H3. The van der Waals surface area contributed by atoms with Gasteiger partial charge < -0.3 is 9.47 Å². The molecule has 0 spiro atoms. The second kappa shape index (κ2) is 10.1. The summed E-state index contributed by atoms with van der Waals surface area (Å²) in [6.45, 7) is 7.81. The van der Waals surface area contributed by atoms with Crippen LogP contribution in [0, 0.1) is 0 Å². The highest BCUT2D eigenvalue weighted by Crippen LogP contribution is 2.33. The number of unbranched alkanes of at least 4 members (excludes halogenated alkanes) is 1. The van der Waals surface area contributed by atoms with Gasteiger partial charge in [0.25, 0.3) is 0 Å². The Labute approximate surface area is 169 Å². The number of rotatable bonds is 9. The van der Waals surface area contributed by atoms with Crippen molar-refractivity contribution in [1.29, 1.82) is 0 Å². The zero-order chi connectivity index (χ0) is 19.8. The van der Waals surface area contributed by atoms with Crippen LogP contribution in [0.4, 0.5) is 0 Å². The minimum atomic E-state index is 0.127. The summed E-state index contributed by atoms with van der Waals surface area (Å²) in [6.07, 6.45) is 2.40. The Morgan fingerprint density at radius 2 is 1.32 bits per heavy atom. The van der Waals surface area contributed by atoms with Crippen LogP contribution in [0.5, 0.6) is 5.75 Å². The minimum absolute atomic E-state index is 0.127. The van der Waals surface area contributed by atoms with Gasteiger partial charge in [0.15, 0.2) is 0 Å². The van der Waals surface area contributed by atoms with Gasteiger partial charge in [0.2, 0.25) is 0 Å². The van der Waals surface area contributed by atoms with Crippen LogP contribution in [0.1, 0.15) is 45.3 Å². The molecule has 0 amide bonds. The van der Waals surface area contributed by atoms with E-state index in [4.69, 9.17) is 9.47 Å². The fraction of sp³-hybridized carbons (Fsp3) is 0.308. The van der Waals surface area contributed by atoms with Gasteiger partial charge in [0.05, 0.1) is 12.7 Å². The lowest BCUT2D eigenvalue weighted by Crippen LogP contribution is -2.01. The van der Waals surface area contributed by atoms with Crippen LogP contribution in [0.2, 0.25) is 0 Å². The number of hydrogen-bond donors (Lipinski definition) is 0. The van der Waals surface area contributed by atoms with Gasteiger partial charge in [-0.25, -0.2) is 0 Å². The molecule has 0 aliphatic carbocycles. The van der Waals surface area contributed by atoms with Gasteiger partial charge in [-0.3, -0.25) is 0 Å². The Morgan fingerprint density at radius 3 is 1.86 bits per heavy atom. The van der Waals surface area contributed by atoms with Crippen LogP contribution >= 0.6 is 0 Å². The van der Waals surface area contributed by atoms with E-state index in [9.17, 15) is 0 Å². The van der Waals surface area contributed by atoms with Gasteiger partial charge in [-0.05, 0) is 60.2 Å². The van der Waals surface area contributed by atoms with Gasteiger partial charge in [0, 0.05) is 6.61 Å². The van der Waals surface area contributed by atoms with Gasteiger partial charge in [-0.1, -0.05) is 74.0 Å². The van der Waals surface area contributed by atoms with E-state index in [-0.39, 0.29) is 6.10 Å². The molecule has 1 unspecified atom stereocenters. The van der Waals surface area contributed by atoms with E-state index < -0.39 is 0 Å². The molecule has 0 heterocycles. The molecule has 2 nitrogen and oxygen atoms in total. The molecule has 0 radical (unpaired) electrons. The van der Waals surface area contributed by atoms with Crippen molar-refractivity contribution in [2.24, 2.45) is 0 Å². The summed E-state index contributed by atoms with van der Waals surface area (Å²) in [7, 11) is 0. The predicted octanol–water partition coefficient (Wildman–Crippen LogP) is 7.30. The second-order valence-electron chi connectivity index (χ2n) is 6.99. The van der Waals surface area contributed by atoms with E-state index in [1.165, 1.54) is 27.8 Å². The monoisotopic (exact) mass is 374 g/mol. The minimum Gasteiger partial charge on any atom is -0.494 e. The number of hydrogen-bond acceptors (Lipinski definition) is 2. The first kappa shape index (κ1) is 20.2. The van der Waals surface area contributed by atoms with Crippen molar-refractivity contribution in [3.8, 4) is 28.0 Å². The van der Waals surface area contributed by atoms with Gasteiger partial charge >= 0.3 is 0 Å². The maximum absolute atomic E-state index is 5.93. The molecule has 0 saturated carbocycles. The van der Waals surface area contributed by atoms with Gasteiger partial charge in [-0.15, -0.1) is 0 Å². The van der Waals surface area contributed by atoms with Gasteiger partial charge in [0.1, 0.15) is 5.75 Å². The SMILES string of the molecule is CCCCOC(C)c1ccc(-c2ccccc2-c2ccc(OCC)cc2)cc1. The fourth-order valence-electron chi connectivity index (χ4n) is 3.32. The molecule has 3 rings (SSSR count). The lowest BCUT2D eigenvalue weighted by molar-refractivity contribution is 0.0637. The quantitative estimate of drug-likeness (QED) is 0.366. The maximum atomic E-state index is 5.93. The summed E-state index contributed by atoms with van der Waals surface area (Å²) < 4.78 is 11.5. The molecule has 0 aromatic heterocycles. The zero-order valence-electron chi connectivity index (χ0n) is 17.2. The fourth-order valence-corrected chi connectivity index (χ4v) is 3.32. The molecule has 3 aromatic carbocycles. The molecule has 146 valence electrons. The molecule has 3 aromatic rings. The highest BCUT2D eigenvalue weighted by atomic mass is 16.5. The van der Waals surface area contributed by atoms with E-state index in [0.717, 1.165) is 25.2 Å². The second-order valence-corrected chi connectivity index (χ2v) is 6.99. The summed E-state index contributed by atoms with van der Waals surface area (Å²) in [4.78, 5) is 0. The Morgan fingerprint density at radius 1 is 0.750 bits per heavy atom. The smallest absolute Gasteiger partial charge is 0.119 e. The van der Waals surface area contributed by atoms with Crippen molar-refractivity contribution >= 4 is 0 Å². The van der Waals surface area contributed by atoms with E-state index in [1.54, 1.807) is 0 Å². The first-order valence-electron chi connectivity index (χ1n) is 10.3. The molecular weight excluding hydrogens is 344 g/mol. The Balaban J connectivity index is 1.82. The summed E-state index contributed by atoms with van der Waals surface area (Å²) in [5.74, 6) is 0.908. The van der Waals surface area contributed by atoms with Crippen LogP contribution < -0.4 is 4.74 Å². The van der Waals surface area contributed by atoms with E-state index in [2.05, 4.69) is 74.5 Å². The molecule has 0 aliphatic heterocycles. The van der Waals surface area contributed by atoms with Gasteiger partial charge in [-0.2, -0.15) is 0 Å². The Kier molecular flexibility index (Phi) is 7.27. The Hall–Kier alpha value is -2.58. The zero-order valence-corrected chi connectivity index (χ0v) is 17.2. The van der Waals surface area contributed by atoms with Crippen LogP contribution in [0.15, 0.2) is 72.8 Å². The van der Waals surface area contributed by atoms with Crippen molar-refractivity contribution in [3.05, 3.63) is 78.4 Å². The summed E-state index contributed by atoms with van der Waals surface area (Å²) >= 11 is 0. The topological polar surface area (TPSA) is 18.5 Å². The lowest BCUT2D eigenvalue weighted by Gasteiger charge is -2.15. The molecule has 28 heavy (non-hydrogen) atoms. The third-order valence-electron chi connectivity index (χ3n) is 4.96. The summed E-state index contributed by atoms with van der Waals surface area (Å²) in [6, 6.07) is 25.6. The van der Waals surface area contributed by atoms with Crippen molar-refractivity contribution < 1.29 is 9.47 Å².